The molecular weight excluding hydrogens is 370 g/mol. The molecule has 0 radical (unpaired) electrons. The highest BCUT2D eigenvalue weighted by molar-refractivity contribution is 5.80. The van der Waals surface area contributed by atoms with E-state index in [-0.39, 0.29) is 6.09 Å². The second-order valence-electron chi connectivity index (χ2n) is 7.90. The molecule has 2 N–H and O–H groups in total. The van der Waals surface area contributed by atoms with Crippen LogP contribution in [0.1, 0.15) is 27.2 Å². The summed E-state index contributed by atoms with van der Waals surface area (Å²) in [5.41, 5.74) is 0.654. The molecule has 8 nitrogen and oxygen atoms in total. The number of anilines is 1. The quantitative estimate of drug-likeness (QED) is 0.430. The highest BCUT2D eigenvalue weighted by Gasteiger charge is 2.21. The van der Waals surface area contributed by atoms with Crippen molar-refractivity contribution in [1.82, 2.24) is 15.5 Å². The molecule has 1 aliphatic rings. The number of ether oxygens (including phenoxy) is 2. The smallest absolute Gasteiger partial charge is 0.407 e. The number of rotatable bonds is 6. The van der Waals surface area contributed by atoms with Gasteiger partial charge in [0.2, 0.25) is 0 Å². The lowest BCUT2D eigenvalue weighted by Gasteiger charge is -2.38. The molecule has 1 aromatic rings. The van der Waals surface area contributed by atoms with Gasteiger partial charge in [0, 0.05) is 46.3 Å². The first kappa shape index (κ1) is 22.6. The second kappa shape index (κ2) is 10.8. The minimum atomic E-state index is -0.476. The van der Waals surface area contributed by atoms with Gasteiger partial charge in [-0.05, 0) is 39.3 Å². The number of piperazine rings is 1. The van der Waals surface area contributed by atoms with E-state index in [0.29, 0.717) is 6.54 Å². The van der Waals surface area contributed by atoms with E-state index in [1.54, 1.807) is 14.2 Å². The maximum Gasteiger partial charge on any atom is 0.407 e. The van der Waals surface area contributed by atoms with E-state index in [4.69, 9.17) is 9.47 Å². The summed E-state index contributed by atoms with van der Waals surface area (Å²) in [5.74, 6) is 1.79. The zero-order chi connectivity index (χ0) is 21.3. The van der Waals surface area contributed by atoms with Crippen molar-refractivity contribution in [3.8, 4) is 5.75 Å². The fourth-order valence-electron chi connectivity index (χ4n) is 3.18. The number of hydrogen-bond acceptors (Lipinski definition) is 5. The van der Waals surface area contributed by atoms with Crippen LogP contribution in [0.5, 0.6) is 5.75 Å². The molecule has 0 spiro atoms. The molecule has 1 amide bonds. The van der Waals surface area contributed by atoms with Gasteiger partial charge in [-0.3, -0.25) is 4.99 Å². The Morgan fingerprint density at radius 1 is 1.10 bits per heavy atom. The minimum absolute atomic E-state index is 0.380. The molecule has 0 unspecified atom stereocenters. The maximum atomic E-state index is 11.7. The first-order chi connectivity index (χ1) is 13.8. The molecule has 1 fully saturated rings. The van der Waals surface area contributed by atoms with Gasteiger partial charge in [-0.2, -0.15) is 0 Å². The summed E-state index contributed by atoms with van der Waals surface area (Å²) in [6.07, 6.45) is 0.411. The molecule has 8 heteroatoms. The molecule has 1 aliphatic heterocycles. The lowest BCUT2D eigenvalue weighted by molar-refractivity contribution is 0.0527. The Balaban J connectivity index is 1.72. The van der Waals surface area contributed by atoms with Gasteiger partial charge >= 0.3 is 6.09 Å². The van der Waals surface area contributed by atoms with Crippen LogP contribution < -0.4 is 20.3 Å². The van der Waals surface area contributed by atoms with Crippen LogP contribution in [-0.4, -0.2) is 76.0 Å². The number of methoxy groups -OCH3 is 1. The van der Waals surface area contributed by atoms with E-state index in [9.17, 15) is 4.79 Å². The Morgan fingerprint density at radius 2 is 1.76 bits per heavy atom. The van der Waals surface area contributed by atoms with Crippen LogP contribution in [0, 0.1) is 0 Å². The number of benzene rings is 1. The number of hydrogen-bond donors (Lipinski definition) is 2. The number of nitrogens with zero attached hydrogens (tertiary/aromatic N) is 3. The zero-order valence-corrected chi connectivity index (χ0v) is 18.3. The van der Waals surface area contributed by atoms with E-state index < -0.39 is 5.60 Å². The standard InChI is InChI=1S/C21H35N5O3/c1-21(2,3)29-20(27)24-12-8-11-23-19(22-4)26-15-13-25(14-16-26)17-9-6-7-10-18(17)28-5/h6-7,9-10H,8,11-16H2,1-5H3,(H,22,23)(H,24,27). The lowest BCUT2D eigenvalue weighted by atomic mass is 10.2. The molecule has 29 heavy (non-hydrogen) atoms. The number of alkyl carbamates (subject to hydrolysis) is 1. The lowest BCUT2D eigenvalue weighted by Crippen LogP contribution is -2.52. The fourth-order valence-corrected chi connectivity index (χ4v) is 3.18. The van der Waals surface area contributed by atoms with Gasteiger partial charge in [-0.15, -0.1) is 0 Å². The van der Waals surface area contributed by atoms with Crippen molar-refractivity contribution in [3.63, 3.8) is 0 Å². The molecule has 0 bridgehead atoms. The number of para-hydroxylation sites is 2. The summed E-state index contributed by atoms with van der Waals surface area (Å²) in [5, 5.41) is 6.15. The molecule has 2 rings (SSSR count). The predicted molar refractivity (Wildman–Crippen MR) is 117 cm³/mol. The third kappa shape index (κ3) is 7.36. The summed E-state index contributed by atoms with van der Waals surface area (Å²) in [7, 11) is 3.51. The normalized spacial score (nSPS) is 15.1. The number of amides is 1. The summed E-state index contributed by atoms with van der Waals surface area (Å²) >= 11 is 0. The third-order valence-electron chi connectivity index (χ3n) is 4.52. The first-order valence-corrected chi connectivity index (χ1v) is 10.1. The zero-order valence-electron chi connectivity index (χ0n) is 18.3. The van der Waals surface area contributed by atoms with Gasteiger partial charge in [0.05, 0.1) is 12.8 Å². The molecule has 1 saturated heterocycles. The van der Waals surface area contributed by atoms with Gasteiger partial charge in [0.1, 0.15) is 11.4 Å². The Morgan fingerprint density at radius 3 is 2.38 bits per heavy atom. The summed E-state index contributed by atoms with van der Waals surface area (Å²) < 4.78 is 10.7. The van der Waals surface area contributed by atoms with Crippen LogP contribution in [0.3, 0.4) is 0 Å². The Bertz CT molecular complexity index is 679. The van der Waals surface area contributed by atoms with E-state index in [1.807, 2.05) is 39.0 Å². The van der Waals surface area contributed by atoms with Crippen LogP contribution in [0.25, 0.3) is 0 Å². The minimum Gasteiger partial charge on any atom is -0.495 e. The van der Waals surface area contributed by atoms with E-state index in [1.165, 1.54) is 0 Å². The average molecular weight is 406 g/mol. The topological polar surface area (TPSA) is 78.4 Å². The first-order valence-electron chi connectivity index (χ1n) is 10.1. The van der Waals surface area contributed by atoms with Gasteiger partial charge < -0.3 is 29.9 Å². The van der Waals surface area contributed by atoms with Crippen LogP contribution in [0.4, 0.5) is 10.5 Å². The summed E-state index contributed by atoms with van der Waals surface area (Å²) in [6, 6.07) is 8.12. The molecule has 1 heterocycles. The molecule has 0 aromatic heterocycles. The Labute approximate surface area is 174 Å². The number of carbonyl (C=O) groups excluding carboxylic acids is 1. The van der Waals surface area contributed by atoms with Crippen molar-refractivity contribution in [2.24, 2.45) is 4.99 Å². The van der Waals surface area contributed by atoms with Crippen LogP contribution >= 0.6 is 0 Å². The van der Waals surface area contributed by atoms with Crippen molar-refractivity contribution >= 4 is 17.7 Å². The maximum absolute atomic E-state index is 11.7. The Hall–Kier alpha value is -2.64. The molecule has 162 valence electrons. The van der Waals surface area contributed by atoms with Crippen molar-refractivity contribution in [3.05, 3.63) is 24.3 Å². The highest BCUT2D eigenvalue weighted by atomic mass is 16.6. The average Bonchev–Trinajstić information content (AvgIpc) is 2.69. The van der Waals surface area contributed by atoms with Crippen molar-refractivity contribution in [2.75, 3.05) is 58.3 Å². The van der Waals surface area contributed by atoms with Crippen molar-refractivity contribution in [1.29, 1.82) is 0 Å². The second-order valence-corrected chi connectivity index (χ2v) is 7.90. The van der Waals surface area contributed by atoms with Crippen LogP contribution in [-0.2, 0) is 4.74 Å². The monoisotopic (exact) mass is 405 g/mol. The van der Waals surface area contributed by atoms with Gasteiger partial charge in [0.25, 0.3) is 0 Å². The highest BCUT2D eigenvalue weighted by Crippen LogP contribution is 2.28. The molecular formula is C21H35N5O3. The summed E-state index contributed by atoms with van der Waals surface area (Å²) in [4.78, 5) is 20.7. The SMILES string of the molecule is CN=C(NCCCNC(=O)OC(C)(C)C)N1CCN(c2ccccc2OC)CC1. The number of guanidine groups is 1. The van der Waals surface area contributed by atoms with Gasteiger partial charge in [0.15, 0.2) is 5.96 Å². The number of carbonyl (C=O) groups is 1. The van der Waals surface area contributed by atoms with Crippen LogP contribution in [0.15, 0.2) is 29.3 Å². The number of aliphatic imine (C=N–C) groups is 1. The molecule has 1 aromatic carbocycles. The molecule has 0 saturated carbocycles. The van der Waals surface area contributed by atoms with E-state index >= 15 is 0 Å². The largest absolute Gasteiger partial charge is 0.495 e. The molecule has 0 atom stereocenters. The number of nitrogens with one attached hydrogen (secondary N) is 2. The predicted octanol–water partition coefficient (Wildman–Crippen LogP) is 2.31. The van der Waals surface area contributed by atoms with E-state index in [0.717, 1.165) is 56.5 Å². The van der Waals surface area contributed by atoms with E-state index in [2.05, 4.69) is 31.5 Å². The summed E-state index contributed by atoms with van der Waals surface area (Å²) in [6.45, 7) is 10.4. The van der Waals surface area contributed by atoms with Crippen LogP contribution in [0.2, 0.25) is 0 Å². The fraction of sp³-hybridized carbons (Fsp3) is 0.619. The third-order valence-corrected chi connectivity index (χ3v) is 4.52. The van der Waals surface area contributed by atoms with Crippen molar-refractivity contribution < 1.29 is 14.3 Å². The Kier molecular flexibility index (Phi) is 8.42. The molecule has 0 aliphatic carbocycles. The van der Waals surface area contributed by atoms with Gasteiger partial charge in [-0.1, -0.05) is 12.1 Å². The van der Waals surface area contributed by atoms with Gasteiger partial charge in [-0.25, -0.2) is 4.79 Å². The van der Waals surface area contributed by atoms with Crippen molar-refractivity contribution in [2.45, 2.75) is 32.8 Å².